The van der Waals surface area contributed by atoms with Crippen LogP contribution in [0.2, 0.25) is 5.02 Å². The Morgan fingerprint density at radius 3 is 2.91 bits per heavy atom. The van der Waals surface area contributed by atoms with Gasteiger partial charge in [-0.2, -0.15) is 0 Å². The molecule has 2 unspecified atom stereocenters. The summed E-state index contributed by atoms with van der Waals surface area (Å²) in [6.07, 6.45) is 0.852. The zero-order chi connectivity index (χ0) is 15.9. The molecule has 1 heterocycles. The number of hydrogen-bond donors (Lipinski definition) is 1. The molecule has 1 aromatic carbocycles. The van der Waals surface area contributed by atoms with Crippen LogP contribution in [0.15, 0.2) is 24.3 Å². The molecule has 124 valence electrons. The maximum Gasteiger partial charge on any atom is 0.120 e. The van der Waals surface area contributed by atoms with Crippen molar-refractivity contribution in [2.45, 2.75) is 32.4 Å². The number of rotatable bonds is 7. The highest BCUT2D eigenvalue weighted by Crippen LogP contribution is 2.17. The summed E-state index contributed by atoms with van der Waals surface area (Å²) in [5, 5.41) is 10.3. The second kappa shape index (κ2) is 8.73. The van der Waals surface area contributed by atoms with E-state index in [4.69, 9.17) is 16.3 Å². The molecule has 0 amide bonds. The van der Waals surface area contributed by atoms with Gasteiger partial charge in [0.05, 0.1) is 6.10 Å². The van der Waals surface area contributed by atoms with Gasteiger partial charge in [0.2, 0.25) is 0 Å². The number of aliphatic hydroxyl groups excluding tert-OH is 1. The third kappa shape index (κ3) is 5.43. The third-order valence-corrected chi connectivity index (χ3v) is 4.37. The molecule has 5 heteroatoms. The molecule has 1 N–H and O–H groups in total. The lowest BCUT2D eigenvalue weighted by molar-refractivity contribution is 0.0322. The van der Waals surface area contributed by atoms with Gasteiger partial charge in [0.15, 0.2) is 0 Å². The predicted octanol–water partition coefficient (Wildman–Crippen LogP) is 2.50. The van der Waals surface area contributed by atoms with Crippen LogP contribution in [-0.2, 0) is 0 Å². The average Bonchev–Trinajstić information content (AvgIpc) is 2.48. The van der Waals surface area contributed by atoms with Gasteiger partial charge < -0.3 is 9.84 Å². The lowest BCUT2D eigenvalue weighted by Crippen LogP contribution is -2.55. The minimum absolute atomic E-state index is 0.258. The highest BCUT2D eigenvalue weighted by atomic mass is 35.5. The Hall–Kier alpha value is -0.810. The van der Waals surface area contributed by atoms with Crippen molar-refractivity contribution in [2.24, 2.45) is 0 Å². The number of benzene rings is 1. The summed E-state index contributed by atoms with van der Waals surface area (Å²) in [4.78, 5) is 4.84. The Bertz CT molecular complexity index is 456. The Kier molecular flexibility index (Phi) is 6.96. The molecular formula is C17H27ClN2O2. The normalized spacial score (nSPS) is 21.7. The Morgan fingerprint density at radius 1 is 1.41 bits per heavy atom. The molecule has 1 aromatic rings. The molecule has 1 aliphatic rings. The third-order valence-electron chi connectivity index (χ3n) is 4.13. The summed E-state index contributed by atoms with van der Waals surface area (Å²) in [7, 11) is 0. The second-order valence-electron chi connectivity index (χ2n) is 6.01. The van der Waals surface area contributed by atoms with Crippen LogP contribution in [0.3, 0.4) is 0 Å². The first-order valence-electron chi connectivity index (χ1n) is 8.11. The van der Waals surface area contributed by atoms with Crippen molar-refractivity contribution in [2.75, 3.05) is 39.3 Å². The van der Waals surface area contributed by atoms with E-state index in [2.05, 4.69) is 16.7 Å². The number of halogens is 1. The number of nitrogens with zero attached hydrogens (tertiary/aromatic N) is 2. The van der Waals surface area contributed by atoms with Crippen molar-refractivity contribution in [3.05, 3.63) is 29.3 Å². The molecule has 0 aliphatic carbocycles. The molecule has 2 atom stereocenters. The SMILES string of the molecule is CCC1CN(CCOc2cccc(Cl)c2)CCN1CC(C)O. The molecule has 0 radical (unpaired) electrons. The molecule has 22 heavy (non-hydrogen) atoms. The molecule has 0 saturated carbocycles. The van der Waals surface area contributed by atoms with Gasteiger partial charge in [-0.1, -0.05) is 24.6 Å². The highest BCUT2D eigenvalue weighted by Gasteiger charge is 2.26. The minimum atomic E-state index is -0.258. The molecule has 0 spiro atoms. The van der Waals surface area contributed by atoms with Crippen molar-refractivity contribution < 1.29 is 9.84 Å². The number of ether oxygens (including phenoxy) is 1. The van der Waals surface area contributed by atoms with E-state index in [9.17, 15) is 5.11 Å². The van der Waals surface area contributed by atoms with Crippen LogP contribution in [0.4, 0.5) is 0 Å². The number of aliphatic hydroxyl groups is 1. The van der Waals surface area contributed by atoms with Crippen molar-refractivity contribution >= 4 is 11.6 Å². The van der Waals surface area contributed by atoms with E-state index in [1.165, 1.54) is 0 Å². The van der Waals surface area contributed by atoms with Gasteiger partial charge in [0, 0.05) is 43.8 Å². The summed E-state index contributed by atoms with van der Waals surface area (Å²) >= 11 is 5.95. The van der Waals surface area contributed by atoms with Crippen molar-refractivity contribution in [3.63, 3.8) is 0 Å². The van der Waals surface area contributed by atoms with E-state index in [0.29, 0.717) is 17.7 Å². The Labute approximate surface area is 138 Å². The Balaban J connectivity index is 1.75. The predicted molar refractivity (Wildman–Crippen MR) is 90.7 cm³/mol. The van der Waals surface area contributed by atoms with Crippen LogP contribution in [0, 0.1) is 0 Å². The molecule has 1 saturated heterocycles. The van der Waals surface area contributed by atoms with Crippen LogP contribution < -0.4 is 4.74 Å². The monoisotopic (exact) mass is 326 g/mol. The average molecular weight is 327 g/mol. The minimum Gasteiger partial charge on any atom is -0.492 e. The molecule has 1 fully saturated rings. The smallest absolute Gasteiger partial charge is 0.120 e. The summed E-state index contributed by atoms with van der Waals surface area (Å²) in [5.74, 6) is 0.826. The van der Waals surface area contributed by atoms with E-state index < -0.39 is 0 Å². The van der Waals surface area contributed by atoms with Crippen molar-refractivity contribution in [3.8, 4) is 5.75 Å². The second-order valence-corrected chi connectivity index (χ2v) is 6.45. The lowest BCUT2D eigenvalue weighted by Gasteiger charge is -2.41. The molecular weight excluding hydrogens is 300 g/mol. The zero-order valence-electron chi connectivity index (χ0n) is 13.5. The molecule has 1 aliphatic heterocycles. The zero-order valence-corrected chi connectivity index (χ0v) is 14.3. The van der Waals surface area contributed by atoms with Crippen molar-refractivity contribution in [1.29, 1.82) is 0 Å². The molecule has 0 aromatic heterocycles. The van der Waals surface area contributed by atoms with Crippen LogP contribution >= 0.6 is 11.6 Å². The maximum atomic E-state index is 9.59. The number of hydrogen-bond acceptors (Lipinski definition) is 4. The van der Waals surface area contributed by atoms with Crippen LogP contribution in [0.5, 0.6) is 5.75 Å². The van der Waals surface area contributed by atoms with Gasteiger partial charge in [-0.15, -0.1) is 0 Å². The van der Waals surface area contributed by atoms with Gasteiger partial charge in [-0.05, 0) is 31.5 Å². The van der Waals surface area contributed by atoms with Crippen LogP contribution in [-0.4, -0.2) is 66.4 Å². The highest BCUT2D eigenvalue weighted by molar-refractivity contribution is 6.30. The summed E-state index contributed by atoms with van der Waals surface area (Å²) in [6, 6.07) is 8.05. The lowest BCUT2D eigenvalue weighted by atomic mass is 10.1. The molecule has 2 rings (SSSR count). The van der Waals surface area contributed by atoms with Crippen LogP contribution in [0.1, 0.15) is 20.3 Å². The van der Waals surface area contributed by atoms with E-state index in [-0.39, 0.29) is 6.10 Å². The van der Waals surface area contributed by atoms with E-state index in [1.54, 1.807) is 0 Å². The first-order chi connectivity index (χ1) is 10.6. The fourth-order valence-electron chi connectivity index (χ4n) is 2.98. The Morgan fingerprint density at radius 2 is 2.23 bits per heavy atom. The maximum absolute atomic E-state index is 9.59. The fraction of sp³-hybridized carbons (Fsp3) is 0.647. The van der Waals surface area contributed by atoms with Gasteiger partial charge in [-0.3, -0.25) is 9.80 Å². The largest absolute Gasteiger partial charge is 0.492 e. The van der Waals surface area contributed by atoms with E-state index in [1.807, 2.05) is 31.2 Å². The topological polar surface area (TPSA) is 35.9 Å². The van der Waals surface area contributed by atoms with Crippen LogP contribution in [0.25, 0.3) is 0 Å². The first kappa shape index (κ1) is 17.5. The quantitative estimate of drug-likeness (QED) is 0.835. The summed E-state index contributed by atoms with van der Waals surface area (Å²) in [6.45, 7) is 9.53. The van der Waals surface area contributed by atoms with E-state index in [0.717, 1.165) is 44.9 Å². The van der Waals surface area contributed by atoms with Gasteiger partial charge in [0.25, 0.3) is 0 Å². The molecule has 0 bridgehead atoms. The van der Waals surface area contributed by atoms with Gasteiger partial charge in [0.1, 0.15) is 12.4 Å². The summed E-state index contributed by atoms with van der Waals surface area (Å²) in [5.41, 5.74) is 0. The van der Waals surface area contributed by atoms with E-state index >= 15 is 0 Å². The number of piperazine rings is 1. The standard InChI is InChI=1S/C17H27ClN2O2/c1-3-16-13-19(7-8-20(16)12-14(2)21)9-10-22-17-6-4-5-15(18)11-17/h4-6,11,14,16,21H,3,7-10,12-13H2,1-2H3. The van der Waals surface area contributed by atoms with Gasteiger partial charge >= 0.3 is 0 Å². The fourth-order valence-corrected chi connectivity index (χ4v) is 3.16. The number of β-amino-alcohol motifs (C(OH)–C–C–N with tert-alkyl or cyclic N) is 1. The molecule has 4 nitrogen and oxygen atoms in total. The van der Waals surface area contributed by atoms with Gasteiger partial charge in [-0.25, -0.2) is 0 Å². The first-order valence-corrected chi connectivity index (χ1v) is 8.49. The summed E-state index contributed by atoms with van der Waals surface area (Å²) < 4.78 is 5.77. The van der Waals surface area contributed by atoms with Crippen molar-refractivity contribution in [1.82, 2.24) is 9.80 Å².